The number of likely N-dealkylation sites (tertiary alicyclic amines) is 1. The molecule has 0 bridgehead atoms. The van der Waals surface area contributed by atoms with Crippen LogP contribution in [0.1, 0.15) is 19.8 Å². The SMILES string of the molecule is CC(=O)N1CCC(NS(=O)(=O)c2ccc(=O)[nH]c2)CC1. The summed E-state index contributed by atoms with van der Waals surface area (Å²) in [5, 5.41) is 0. The van der Waals surface area contributed by atoms with Crippen LogP contribution in [0.3, 0.4) is 0 Å². The van der Waals surface area contributed by atoms with Gasteiger partial charge in [-0.1, -0.05) is 0 Å². The number of carbonyl (C=O) groups excluding carboxylic acids is 1. The van der Waals surface area contributed by atoms with Crippen LogP contribution in [0.25, 0.3) is 0 Å². The lowest BCUT2D eigenvalue weighted by Gasteiger charge is -2.31. The molecule has 0 radical (unpaired) electrons. The second kappa shape index (κ2) is 5.76. The number of nitrogens with zero attached hydrogens (tertiary/aromatic N) is 1. The first-order valence-corrected chi connectivity index (χ1v) is 7.83. The zero-order valence-electron chi connectivity index (χ0n) is 11.1. The molecule has 2 rings (SSSR count). The van der Waals surface area contributed by atoms with E-state index in [1.54, 1.807) is 4.90 Å². The Morgan fingerprint density at radius 3 is 2.50 bits per heavy atom. The third kappa shape index (κ3) is 3.45. The average Bonchev–Trinajstić information content (AvgIpc) is 2.39. The summed E-state index contributed by atoms with van der Waals surface area (Å²) in [7, 11) is -3.64. The fraction of sp³-hybridized carbons (Fsp3) is 0.500. The summed E-state index contributed by atoms with van der Waals surface area (Å²) in [5.74, 6) is 0.00643. The van der Waals surface area contributed by atoms with E-state index in [9.17, 15) is 18.0 Å². The van der Waals surface area contributed by atoms with Crippen LogP contribution in [0.15, 0.2) is 28.0 Å². The van der Waals surface area contributed by atoms with Gasteiger partial charge in [-0.2, -0.15) is 0 Å². The maximum Gasteiger partial charge on any atom is 0.247 e. The van der Waals surface area contributed by atoms with Crippen molar-refractivity contribution in [1.82, 2.24) is 14.6 Å². The normalized spacial score (nSPS) is 17.1. The van der Waals surface area contributed by atoms with Crippen molar-refractivity contribution in [3.05, 3.63) is 28.7 Å². The van der Waals surface area contributed by atoms with Crippen molar-refractivity contribution >= 4 is 15.9 Å². The largest absolute Gasteiger partial charge is 0.343 e. The highest BCUT2D eigenvalue weighted by Gasteiger charge is 2.25. The molecule has 1 amide bonds. The van der Waals surface area contributed by atoms with Crippen LogP contribution in [-0.4, -0.2) is 43.3 Å². The molecule has 1 aromatic rings. The van der Waals surface area contributed by atoms with Crippen LogP contribution in [0.4, 0.5) is 0 Å². The molecule has 0 unspecified atom stereocenters. The summed E-state index contributed by atoms with van der Waals surface area (Å²) in [6.45, 7) is 2.60. The van der Waals surface area contributed by atoms with Gasteiger partial charge in [0, 0.05) is 38.3 Å². The third-order valence-corrected chi connectivity index (χ3v) is 4.85. The molecule has 0 atom stereocenters. The van der Waals surface area contributed by atoms with Gasteiger partial charge in [0.2, 0.25) is 21.5 Å². The van der Waals surface area contributed by atoms with Crippen molar-refractivity contribution in [2.75, 3.05) is 13.1 Å². The number of sulfonamides is 1. The highest BCUT2D eigenvalue weighted by molar-refractivity contribution is 7.89. The number of hydrogen-bond acceptors (Lipinski definition) is 4. The minimum Gasteiger partial charge on any atom is -0.343 e. The number of rotatable bonds is 3. The van der Waals surface area contributed by atoms with Gasteiger partial charge in [-0.15, -0.1) is 0 Å². The Morgan fingerprint density at radius 2 is 2.00 bits per heavy atom. The van der Waals surface area contributed by atoms with E-state index >= 15 is 0 Å². The number of aromatic nitrogens is 1. The first kappa shape index (κ1) is 14.7. The standard InChI is InChI=1S/C12H17N3O4S/c1-9(16)15-6-4-10(5-7-15)14-20(18,19)11-2-3-12(17)13-8-11/h2-3,8,10,14H,4-7H2,1H3,(H,13,17). The van der Waals surface area contributed by atoms with Crippen LogP contribution in [0.5, 0.6) is 0 Å². The van der Waals surface area contributed by atoms with E-state index in [1.165, 1.54) is 25.3 Å². The van der Waals surface area contributed by atoms with Crippen LogP contribution in [-0.2, 0) is 14.8 Å². The van der Waals surface area contributed by atoms with Gasteiger partial charge in [0.05, 0.1) is 4.90 Å². The maximum absolute atomic E-state index is 12.1. The zero-order chi connectivity index (χ0) is 14.8. The number of aromatic amines is 1. The first-order chi connectivity index (χ1) is 9.38. The van der Waals surface area contributed by atoms with Gasteiger partial charge < -0.3 is 9.88 Å². The van der Waals surface area contributed by atoms with E-state index in [0.717, 1.165) is 0 Å². The van der Waals surface area contributed by atoms with Crippen LogP contribution in [0, 0.1) is 0 Å². The Bertz CT molecular complexity index is 624. The molecule has 20 heavy (non-hydrogen) atoms. The van der Waals surface area contributed by atoms with Crippen LogP contribution < -0.4 is 10.3 Å². The molecule has 0 spiro atoms. The number of piperidine rings is 1. The van der Waals surface area contributed by atoms with Crippen molar-refractivity contribution in [2.24, 2.45) is 0 Å². The molecular weight excluding hydrogens is 282 g/mol. The number of amides is 1. The van der Waals surface area contributed by atoms with Gasteiger partial charge in [0.1, 0.15) is 0 Å². The van der Waals surface area contributed by atoms with Gasteiger partial charge in [-0.05, 0) is 18.9 Å². The number of hydrogen-bond donors (Lipinski definition) is 2. The molecule has 110 valence electrons. The summed E-state index contributed by atoms with van der Waals surface area (Å²) in [6, 6.07) is 2.25. The Hall–Kier alpha value is -1.67. The summed E-state index contributed by atoms with van der Waals surface area (Å²) in [4.78, 5) is 26.2. The molecule has 1 aromatic heterocycles. The second-order valence-electron chi connectivity index (χ2n) is 4.79. The van der Waals surface area contributed by atoms with Crippen molar-refractivity contribution < 1.29 is 13.2 Å². The number of carbonyl (C=O) groups is 1. The minimum absolute atomic E-state index is 0.00643. The quantitative estimate of drug-likeness (QED) is 0.798. The Balaban J connectivity index is 2.01. The van der Waals surface area contributed by atoms with E-state index in [2.05, 4.69) is 9.71 Å². The Morgan fingerprint density at radius 1 is 1.35 bits per heavy atom. The average molecular weight is 299 g/mol. The molecule has 2 N–H and O–H groups in total. The lowest BCUT2D eigenvalue weighted by atomic mass is 10.1. The highest BCUT2D eigenvalue weighted by Crippen LogP contribution is 2.14. The van der Waals surface area contributed by atoms with E-state index in [0.29, 0.717) is 25.9 Å². The molecule has 0 aliphatic carbocycles. The van der Waals surface area contributed by atoms with Gasteiger partial charge in [-0.25, -0.2) is 13.1 Å². The van der Waals surface area contributed by atoms with Gasteiger partial charge in [-0.3, -0.25) is 9.59 Å². The fourth-order valence-corrected chi connectivity index (χ4v) is 3.44. The van der Waals surface area contributed by atoms with Crippen molar-refractivity contribution in [3.63, 3.8) is 0 Å². The molecule has 8 heteroatoms. The summed E-state index contributed by atoms with van der Waals surface area (Å²) in [6.07, 6.45) is 2.35. The minimum atomic E-state index is -3.64. The molecule has 1 aliphatic rings. The molecule has 1 aliphatic heterocycles. The molecule has 7 nitrogen and oxygen atoms in total. The van der Waals surface area contributed by atoms with E-state index < -0.39 is 10.0 Å². The third-order valence-electron chi connectivity index (χ3n) is 3.33. The van der Waals surface area contributed by atoms with Crippen LogP contribution >= 0.6 is 0 Å². The van der Waals surface area contributed by atoms with E-state index in [1.807, 2.05) is 0 Å². The first-order valence-electron chi connectivity index (χ1n) is 6.35. The number of H-pyrrole nitrogens is 1. The summed E-state index contributed by atoms with van der Waals surface area (Å²) in [5.41, 5.74) is -0.348. The lowest BCUT2D eigenvalue weighted by Crippen LogP contribution is -2.45. The van der Waals surface area contributed by atoms with Gasteiger partial charge in [0.25, 0.3) is 0 Å². The van der Waals surface area contributed by atoms with Crippen molar-refractivity contribution in [1.29, 1.82) is 0 Å². The molecular formula is C12H17N3O4S. The second-order valence-corrected chi connectivity index (χ2v) is 6.50. The highest BCUT2D eigenvalue weighted by atomic mass is 32.2. The predicted molar refractivity (Wildman–Crippen MR) is 72.7 cm³/mol. The van der Waals surface area contributed by atoms with Crippen LogP contribution in [0.2, 0.25) is 0 Å². The van der Waals surface area contributed by atoms with E-state index in [4.69, 9.17) is 0 Å². The Labute approximate surface area is 117 Å². The topological polar surface area (TPSA) is 99.3 Å². The molecule has 1 fully saturated rings. The summed E-state index contributed by atoms with van der Waals surface area (Å²) >= 11 is 0. The van der Waals surface area contributed by atoms with Crippen molar-refractivity contribution in [3.8, 4) is 0 Å². The molecule has 0 aromatic carbocycles. The van der Waals surface area contributed by atoms with E-state index in [-0.39, 0.29) is 22.4 Å². The van der Waals surface area contributed by atoms with Gasteiger partial charge >= 0.3 is 0 Å². The smallest absolute Gasteiger partial charge is 0.247 e. The zero-order valence-corrected chi connectivity index (χ0v) is 11.9. The number of pyridine rings is 1. The fourth-order valence-electron chi connectivity index (χ4n) is 2.16. The molecule has 0 saturated carbocycles. The maximum atomic E-state index is 12.1. The van der Waals surface area contributed by atoms with Gasteiger partial charge in [0.15, 0.2) is 0 Å². The number of nitrogens with one attached hydrogen (secondary N) is 2. The Kier molecular flexibility index (Phi) is 4.24. The van der Waals surface area contributed by atoms with Crippen molar-refractivity contribution in [2.45, 2.75) is 30.7 Å². The summed E-state index contributed by atoms with van der Waals surface area (Å²) < 4.78 is 26.8. The predicted octanol–water partition coefficient (Wildman–Crippen LogP) is -0.336. The molecule has 1 saturated heterocycles. The monoisotopic (exact) mass is 299 g/mol. The lowest BCUT2D eigenvalue weighted by molar-refractivity contribution is -0.129. The molecule has 2 heterocycles.